The minimum Gasteiger partial charge on any atom is -0.383 e. The Balaban J connectivity index is 2.26. The van der Waals surface area contributed by atoms with Gasteiger partial charge in [-0.25, -0.2) is 4.98 Å². The maximum Gasteiger partial charge on any atom is 0.416 e. The highest BCUT2D eigenvalue weighted by atomic mass is 32.1. The van der Waals surface area contributed by atoms with Gasteiger partial charge in [0.05, 0.1) is 28.4 Å². The van der Waals surface area contributed by atoms with E-state index in [4.69, 9.17) is 4.74 Å². The summed E-state index contributed by atoms with van der Waals surface area (Å²) in [4.78, 5) is 4.24. The molecule has 7 heteroatoms. The van der Waals surface area contributed by atoms with Gasteiger partial charge >= 0.3 is 6.18 Å². The summed E-state index contributed by atoms with van der Waals surface area (Å²) in [5.74, 6) is 0.322. The number of aromatic nitrogens is 1. The van der Waals surface area contributed by atoms with Crippen LogP contribution in [0.3, 0.4) is 0 Å². The first-order valence-electron chi connectivity index (χ1n) is 6.54. The Bertz CT molecular complexity index is 610. The fourth-order valence-electron chi connectivity index (χ4n) is 1.90. The molecular weight excluding hydrogens is 301 g/mol. The zero-order chi connectivity index (χ0) is 15.6. The van der Waals surface area contributed by atoms with Gasteiger partial charge in [-0.1, -0.05) is 25.2 Å². The van der Waals surface area contributed by atoms with Crippen molar-refractivity contribution >= 4 is 26.7 Å². The van der Waals surface area contributed by atoms with E-state index in [0.717, 1.165) is 16.8 Å². The van der Waals surface area contributed by atoms with Crippen molar-refractivity contribution in [2.24, 2.45) is 5.92 Å². The Kier molecular flexibility index (Phi) is 4.73. The van der Waals surface area contributed by atoms with Crippen LogP contribution in [-0.4, -0.2) is 24.7 Å². The molecule has 1 unspecified atom stereocenters. The van der Waals surface area contributed by atoms with E-state index in [1.54, 1.807) is 7.11 Å². The summed E-state index contributed by atoms with van der Waals surface area (Å²) in [6.07, 6.45) is -4.35. The first kappa shape index (κ1) is 16.0. The van der Waals surface area contributed by atoms with Gasteiger partial charge in [0.15, 0.2) is 5.13 Å². The van der Waals surface area contributed by atoms with E-state index in [9.17, 15) is 13.2 Å². The van der Waals surface area contributed by atoms with Crippen LogP contribution in [0.5, 0.6) is 0 Å². The number of hydrogen-bond donors (Lipinski definition) is 1. The van der Waals surface area contributed by atoms with Crippen LogP contribution in [0.4, 0.5) is 18.3 Å². The molecule has 1 N–H and O–H groups in total. The van der Waals surface area contributed by atoms with Crippen LogP contribution in [0.1, 0.15) is 19.4 Å². The summed E-state index contributed by atoms with van der Waals surface area (Å²) in [6.45, 7) is 4.61. The van der Waals surface area contributed by atoms with E-state index in [1.807, 2.05) is 13.8 Å². The van der Waals surface area contributed by atoms with E-state index in [2.05, 4.69) is 10.3 Å². The highest BCUT2D eigenvalue weighted by Crippen LogP contribution is 2.34. The number of rotatable bonds is 5. The molecule has 21 heavy (non-hydrogen) atoms. The number of anilines is 1. The summed E-state index contributed by atoms with van der Waals surface area (Å²) in [7, 11) is 1.62. The molecular formula is C14H17F3N2OS. The fraction of sp³-hybridized carbons (Fsp3) is 0.500. The molecule has 0 aliphatic rings. The van der Waals surface area contributed by atoms with E-state index < -0.39 is 11.7 Å². The van der Waals surface area contributed by atoms with Crippen LogP contribution in [0, 0.1) is 5.92 Å². The Hall–Kier alpha value is -1.34. The van der Waals surface area contributed by atoms with Gasteiger partial charge in [0, 0.05) is 7.11 Å². The lowest BCUT2D eigenvalue weighted by Gasteiger charge is -2.20. The molecule has 1 aromatic carbocycles. The average Bonchev–Trinajstić information content (AvgIpc) is 2.78. The molecule has 2 aromatic rings. The molecule has 1 atom stereocenters. The maximum absolute atomic E-state index is 12.7. The van der Waals surface area contributed by atoms with Crippen LogP contribution in [0.2, 0.25) is 0 Å². The zero-order valence-electron chi connectivity index (χ0n) is 12.0. The van der Waals surface area contributed by atoms with Gasteiger partial charge in [0.25, 0.3) is 0 Å². The molecule has 2 rings (SSSR count). The van der Waals surface area contributed by atoms with Crippen LogP contribution >= 0.6 is 11.3 Å². The summed E-state index contributed by atoms with van der Waals surface area (Å²) < 4.78 is 43.9. The van der Waals surface area contributed by atoms with E-state index in [0.29, 0.717) is 23.2 Å². The lowest BCUT2D eigenvalue weighted by Crippen LogP contribution is -2.30. The largest absolute Gasteiger partial charge is 0.416 e. The Labute approximate surface area is 125 Å². The molecule has 116 valence electrons. The van der Waals surface area contributed by atoms with Crippen molar-refractivity contribution in [3.63, 3.8) is 0 Å². The SMILES string of the molecule is COCC(Nc1nc2cc(C(F)(F)F)ccc2s1)C(C)C. The smallest absolute Gasteiger partial charge is 0.383 e. The second-order valence-electron chi connectivity index (χ2n) is 5.15. The van der Waals surface area contributed by atoms with Gasteiger partial charge < -0.3 is 10.1 Å². The first-order chi connectivity index (χ1) is 9.81. The van der Waals surface area contributed by atoms with Gasteiger partial charge in [-0.3, -0.25) is 0 Å². The highest BCUT2D eigenvalue weighted by molar-refractivity contribution is 7.22. The number of fused-ring (bicyclic) bond motifs is 1. The Morgan fingerprint density at radius 2 is 2.05 bits per heavy atom. The number of methoxy groups -OCH3 is 1. The summed E-state index contributed by atoms with van der Waals surface area (Å²) in [5, 5.41) is 3.84. The number of alkyl halides is 3. The maximum atomic E-state index is 12.7. The molecule has 0 fully saturated rings. The third kappa shape index (κ3) is 3.85. The van der Waals surface area contributed by atoms with Crippen molar-refractivity contribution in [3.8, 4) is 0 Å². The molecule has 1 aromatic heterocycles. The second kappa shape index (κ2) is 6.19. The molecule has 0 aliphatic carbocycles. The van der Waals surface area contributed by atoms with Gasteiger partial charge in [-0.05, 0) is 24.1 Å². The lowest BCUT2D eigenvalue weighted by atomic mass is 10.1. The molecule has 0 aliphatic heterocycles. The molecule has 0 saturated heterocycles. The predicted octanol–water partition coefficient (Wildman–Crippen LogP) is 4.40. The monoisotopic (exact) mass is 318 g/mol. The number of nitrogens with one attached hydrogen (secondary N) is 1. The summed E-state index contributed by atoms with van der Waals surface area (Å²) in [6, 6.07) is 3.69. The van der Waals surface area contributed by atoms with Gasteiger partial charge in [0.1, 0.15) is 0 Å². The van der Waals surface area contributed by atoms with Crippen molar-refractivity contribution in [2.45, 2.75) is 26.1 Å². The van der Waals surface area contributed by atoms with Crippen molar-refractivity contribution in [1.29, 1.82) is 0 Å². The summed E-state index contributed by atoms with van der Waals surface area (Å²) in [5.41, 5.74) is -0.318. The fourth-order valence-corrected chi connectivity index (χ4v) is 2.81. The van der Waals surface area contributed by atoms with Gasteiger partial charge in [-0.2, -0.15) is 13.2 Å². The predicted molar refractivity (Wildman–Crippen MR) is 78.7 cm³/mol. The number of halogens is 3. The molecule has 0 saturated carbocycles. The van der Waals surface area contributed by atoms with Gasteiger partial charge in [0.2, 0.25) is 0 Å². The molecule has 0 bridgehead atoms. The quantitative estimate of drug-likeness (QED) is 0.887. The minimum absolute atomic E-state index is 0.0673. The summed E-state index contributed by atoms with van der Waals surface area (Å²) >= 11 is 1.34. The zero-order valence-corrected chi connectivity index (χ0v) is 12.8. The first-order valence-corrected chi connectivity index (χ1v) is 7.36. The topological polar surface area (TPSA) is 34.1 Å². The van der Waals surface area contributed by atoms with Crippen molar-refractivity contribution in [3.05, 3.63) is 23.8 Å². The molecule has 0 radical (unpaired) electrons. The Morgan fingerprint density at radius 1 is 1.33 bits per heavy atom. The average molecular weight is 318 g/mol. The van der Waals surface area contributed by atoms with Crippen LogP contribution in [0.15, 0.2) is 18.2 Å². The molecule has 1 heterocycles. The molecule has 3 nitrogen and oxygen atoms in total. The van der Waals surface area contributed by atoms with E-state index in [-0.39, 0.29) is 6.04 Å². The van der Waals surface area contributed by atoms with E-state index >= 15 is 0 Å². The van der Waals surface area contributed by atoms with Crippen LogP contribution in [0.25, 0.3) is 10.2 Å². The molecule has 0 spiro atoms. The van der Waals surface area contributed by atoms with Crippen LogP contribution < -0.4 is 5.32 Å². The Morgan fingerprint density at radius 3 is 2.62 bits per heavy atom. The highest BCUT2D eigenvalue weighted by Gasteiger charge is 2.30. The standard InChI is InChI=1S/C14H17F3N2OS/c1-8(2)11(7-20-3)19-13-18-10-6-9(14(15,16)17)4-5-12(10)21-13/h4-6,8,11H,7H2,1-3H3,(H,18,19). The number of nitrogens with zero attached hydrogens (tertiary/aromatic N) is 1. The number of benzene rings is 1. The third-order valence-electron chi connectivity index (χ3n) is 3.17. The third-order valence-corrected chi connectivity index (χ3v) is 4.14. The number of ether oxygens (including phenoxy) is 1. The van der Waals surface area contributed by atoms with Crippen molar-refractivity contribution in [2.75, 3.05) is 19.0 Å². The van der Waals surface area contributed by atoms with Crippen molar-refractivity contribution in [1.82, 2.24) is 4.98 Å². The lowest BCUT2D eigenvalue weighted by molar-refractivity contribution is -0.137. The number of thiazole rings is 1. The van der Waals surface area contributed by atoms with Crippen LogP contribution in [-0.2, 0) is 10.9 Å². The van der Waals surface area contributed by atoms with E-state index in [1.165, 1.54) is 17.4 Å². The molecule has 0 amide bonds. The minimum atomic E-state index is -4.35. The van der Waals surface area contributed by atoms with Gasteiger partial charge in [-0.15, -0.1) is 0 Å². The normalized spacial score (nSPS) is 13.9. The van der Waals surface area contributed by atoms with Crippen molar-refractivity contribution < 1.29 is 17.9 Å². The second-order valence-corrected chi connectivity index (χ2v) is 6.18. The number of hydrogen-bond acceptors (Lipinski definition) is 4.